The Bertz CT molecular complexity index is 772. The SMILES string of the molecule is CCCC1CCC(CCC)(n2c(=O)[nH]c3nc[nH]c3c2=O)C1. The van der Waals surface area contributed by atoms with E-state index in [1.807, 2.05) is 0 Å². The predicted molar refractivity (Wildman–Crippen MR) is 86.1 cm³/mol. The topological polar surface area (TPSA) is 83.5 Å². The second-order valence-electron chi connectivity index (χ2n) is 6.57. The minimum atomic E-state index is -0.335. The molecule has 6 nitrogen and oxygen atoms in total. The van der Waals surface area contributed by atoms with Gasteiger partial charge >= 0.3 is 5.69 Å². The van der Waals surface area contributed by atoms with Gasteiger partial charge in [-0.25, -0.2) is 9.78 Å². The highest BCUT2D eigenvalue weighted by Gasteiger charge is 2.41. The first-order valence-corrected chi connectivity index (χ1v) is 8.30. The Hall–Kier alpha value is -1.85. The van der Waals surface area contributed by atoms with Gasteiger partial charge in [0.2, 0.25) is 0 Å². The number of fused-ring (bicyclic) bond motifs is 1. The van der Waals surface area contributed by atoms with Gasteiger partial charge in [0, 0.05) is 0 Å². The van der Waals surface area contributed by atoms with Gasteiger partial charge in [-0.3, -0.25) is 14.3 Å². The van der Waals surface area contributed by atoms with E-state index in [1.165, 1.54) is 17.3 Å². The molecule has 2 unspecified atom stereocenters. The molecule has 3 rings (SSSR count). The van der Waals surface area contributed by atoms with E-state index in [2.05, 4.69) is 28.8 Å². The van der Waals surface area contributed by atoms with Crippen LogP contribution in [0.4, 0.5) is 0 Å². The first kappa shape index (κ1) is 15.1. The number of hydrogen-bond acceptors (Lipinski definition) is 3. The molecule has 2 N–H and O–H groups in total. The number of nitrogens with zero attached hydrogens (tertiary/aromatic N) is 2. The van der Waals surface area contributed by atoms with Gasteiger partial charge in [0.1, 0.15) is 5.52 Å². The van der Waals surface area contributed by atoms with Crippen LogP contribution in [0.2, 0.25) is 0 Å². The number of nitrogens with one attached hydrogen (secondary N) is 2. The Morgan fingerprint density at radius 3 is 2.91 bits per heavy atom. The quantitative estimate of drug-likeness (QED) is 0.890. The molecule has 1 fully saturated rings. The summed E-state index contributed by atoms with van der Waals surface area (Å²) in [5, 5.41) is 0. The normalized spacial score (nSPS) is 25.1. The van der Waals surface area contributed by atoms with E-state index in [1.54, 1.807) is 0 Å². The van der Waals surface area contributed by atoms with Crippen molar-refractivity contribution in [2.75, 3.05) is 0 Å². The minimum absolute atomic E-state index is 0.234. The average Bonchev–Trinajstić information content (AvgIpc) is 3.08. The summed E-state index contributed by atoms with van der Waals surface area (Å²) in [7, 11) is 0. The van der Waals surface area contributed by atoms with E-state index in [-0.39, 0.29) is 16.8 Å². The van der Waals surface area contributed by atoms with E-state index in [4.69, 9.17) is 0 Å². The summed E-state index contributed by atoms with van der Waals surface area (Å²) in [4.78, 5) is 35.0. The Kier molecular flexibility index (Phi) is 3.93. The second kappa shape index (κ2) is 5.74. The molecule has 0 radical (unpaired) electrons. The summed E-state index contributed by atoms with van der Waals surface area (Å²) in [6.45, 7) is 4.30. The van der Waals surface area contributed by atoms with E-state index in [0.29, 0.717) is 17.1 Å². The van der Waals surface area contributed by atoms with Crippen molar-refractivity contribution in [2.45, 2.75) is 64.3 Å². The van der Waals surface area contributed by atoms with Crippen LogP contribution >= 0.6 is 0 Å². The van der Waals surface area contributed by atoms with Gasteiger partial charge in [-0.1, -0.05) is 33.1 Å². The molecule has 0 aromatic carbocycles. The third-order valence-electron chi connectivity index (χ3n) is 5.06. The Morgan fingerprint density at radius 1 is 1.36 bits per heavy atom. The first-order chi connectivity index (χ1) is 10.6. The Morgan fingerprint density at radius 2 is 2.18 bits per heavy atom. The number of H-pyrrole nitrogens is 2. The monoisotopic (exact) mass is 304 g/mol. The van der Waals surface area contributed by atoms with Crippen molar-refractivity contribution in [3.05, 3.63) is 27.2 Å². The lowest BCUT2D eigenvalue weighted by atomic mass is 9.89. The molecular weight excluding hydrogens is 280 g/mol. The van der Waals surface area contributed by atoms with Crippen LogP contribution in [-0.4, -0.2) is 19.5 Å². The van der Waals surface area contributed by atoms with Crippen LogP contribution in [0.15, 0.2) is 15.9 Å². The summed E-state index contributed by atoms with van der Waals surface area (Å²) < 4.78 is 1.48. The van der Waals surface area contributed by atoms with Crippen molar-refractivity contribution in [3.63, 3.8) is 0 Å². The highest BCUT2D eigenvalue weighted by Crippen LogP contribution is 2.44. The highest BCUT2D eigenvalue weighted by atomic mass is 16.2. The molecule has 0 spiro atoms. The molecule has 22 heavy (non-hydrogen) atoms. The number of imidazole rings is 1. The lowest BCUT2D eigenvalue weighted by molar-refractivity contribution is 0.237. The zero-order chi connectivity index (χ0) is 15.7. The van der Waals surface area contributed by atoms with E-state index in [0.717, 1.165) is 38.5 Å². The molecule has 0 aliphatic heterocycles. The van der Waals surface area contributed by atoms with Crippen LogP contribution < -0.4 is 11.2 Å². The molecule has 1 saturated carbocycles. The van der Waals surface area contributed by atoms with E-state index < -0.39 is 0 Å². The fourth-order valence-electron chi connectivity index (χ4n) is 4.22. The molecule has 2 heterocycles. The lowest BCUT2D eigenvalue weighted by Crippen LogP contribution is -2.48. The molecule has 120 valence electrons. The fourth-order valence-corrected chi connectivity index (χ4v) is 4.22. The van der Waals surface area contributed by atoms with Crippen LogP contribution in [-0.2, 0) is 5.54 Å². The van der Waals surface area contributed by atoms with Gasteiger partial charge in [0.05, 0.1) is 11.9 Å². The second-order valence-corrected chi connectivity index (χ2v) is 6.57. The Labute approximate surface area is 129 Å². The molecule has 6 heteroatoms. The molecule has 2 aromatic heterocycles. The standard InChI is InChI=1S/C16H24N4O2/c1-3-5-11-6-8-16(9-11,7-4-2)20-14(21)12-13(18-10-17-12)19-15(20)22/h10-11H,3-9H2,1-2H3,(H,17,18)(H,19,22). The largest absolute Gasteiger partial charge is 0.339 e. The van der Waals surface area contributed by atoms with Crippen molar-refractivity contribution in [1.82, 2.24) is 19.5 Å². The maximum atomic E-state index is 12.8. The minimum Gasteiger partial charge on any atom is -0.339 e. The maximum Gasteiger partial charge on any atom is 0.330 e. The number of aromatic amines is 2. The predicted octanol–water partition coefficient (Wildman–Crippen LogP) is 2.51. The molecule has 0 bridgehead atoms. The fraction of sp³-hybridized carbons (Fsp3) is 0.688. The molecule has 1 aliphatic carbocycles. The van der Waals surface area contributed by atoms with Gasteiger partial charge < -0.3 is 4.98 Å². The summed E-state index contributed by atoms with van der Waals surface area (Å²) in [5.74, 6) is 0.611. The summed E-state index contributed by atoms with van der Waals surface area (Å²) >= 11 is 0. The zero-order valence-electron chi connectivity index (χ0n) is 13.3. The first-order valence-electron chi connectivity index (χ1n) is 8.30. The number of rotatable bonds is 5. The van der Waals surface area contributed by atoms with Gasteiger partial charge in [-0.05, 0) is 31.6 Å². The Balaban J connectivity index is 2.14. The zero-order valence-corrected chi connectivity index (χ0v) is 13.3. The third kappa shape index (κ3) is 2.30. The van der Waals surface area contributed by atoms with E-state index >= 15 is 0 Å². The summed E-state index contributed by atoms with van der Waals surface area (Å²) in [6.07, 6.45) is 8.54. The molecule has 2 atom stereocenters. The number of hydrogen-bond donors (Lipinski definition) is 2. The van der Waals surface area contributed by atoms with Crippen molar-refractivity contribution < 1.29 is 0 Å². The molecular formula is C16H24N4O2. The summed E-state index contributed by atoms with van der Waals surface area (Å²) in [6, 6.07) is 0. The number of aromatic nitrogens is 4. The van der Waals surface area contributed by atoms with Gasteiger partial charge in [-0.15, -0.1) is 0 Å². The van der Waals surface area contributed by atoms with Crippen LogP contribution in [0, 0.1) is 5.92 Å². The lowest BCUT2D eigenvalue weighted by Gasteiger charge is -2.30. The molecule has 0 saturated heterocycles. The molecule has 2 aromatic rings. The highest BCUT2D eigenvalue weighted by molar-refractivity contribution is 5.67. The van der Waals surface area contributed by atoms with Crippen molar-refractivity contribution in [2.24, 2.45) is 5.92 Å². The van der Waals surface area contributed by atoms with Crippen molar-refractivity contribution >= 4 is 11.2 Å². The van der Waals surface area contributed by atoms with Gasteiger partial charge in [-0.2, -0.15) is 0 Å². The average molecular weight is 304 g/mol. The van der Waals surface area contributed by atoms with Crippen LogP contribution in [0.1, 0.15) is 58.8 Å². The van der Waals surface area contributed by atoms with E-state index in [9.17, 15) is 9.59 Å². The van der Waals surface area contributed by atoms with Gasteiger partial charge in [0.15, 0.2) is 5.65 Å². The smallest absolute Gasteiger partial charge is 0.330 e. The third-order valence-corrected chi connectivity index (χ3v) is 5.06. The molecule has 1 aliphatic rings. The summed E-state index contributed by atoms with van der Waals surface area (Å²) in [5.41, 5.74) is -0.148. The van der Waals surface area contributed by atoms with Crippen LogP contribution in [0.5, 0.6) is 0 Å². The molecule has 0 amide bonds. The van der Waals surface area contributed by atoms with Crippen LogP contribution in [0.25, 0.3) is 11.2 Å². The van der Waals surface area contributed by atoms with Crippen molar-refractivity contribution in [1.29, 1.82) is 0 Å². The maximum absolute atomic E-state index is 12.8. The van der Waals surface area contributed by atoms with Crippen molar-refractivity contribution in [3.8, 4) is 0 Å². The van der Waals surface area contributed by atoms with Gasteiger partial charge in [0.25, 0.3) is 5.56 Å². The van der Waals surface area contributed by atoms with Crippen LogP contribution in [0.3, 0.4) is 0 Å².